The Bertz CT molecular complexity index is 390. The van der Waals surface area contributed by atoms with E-state index < -0.39 is 0 Å². The van der Waals surface area contributed by atoms with Crippen molar-refractivity contribution in [3.63, 3.8) is 0 Å². The maximum atomic E-state index is 3.45. The van der Waals surface area contributed by atoms with Crippen molar-refractivity contribution in [3.05, 3.63) is 29.3 Å². The third kappa shape index (κ3) is 2.47. The van der Waals surface area contributed by atoms with Crippen LogP contribution in [0.5, 0.6) is 0 Å². The van der Waals surface area contributed by atoms with Gasteiger partial charge in [-0.3, -0.25) is 0 Å². The van der Waals surface area contributed by atoms with Gasteiger partial charge in [-0.25, -0.2) is 0 Å². The van der Waals surface area contributed by atoms with E-state index in [-0.39, 0.29) is 0 Å². The molecule has 0 saturated carbocycles. The normalized spacial score (nSPS) is 19.4. The van der Waals surface area contributed by atoms with Gasteiger partial charge < -0.3 is 10.2 Å². The molecule has 1 fully saturated rings. The Labute approximate surface area is 105 Å². The molecule has 1 aromatic rings. The minimum Gasteiger partial charge on any atom is -0.371 e. The minimum atomic E-state index is 0.328. The lowest BCUT2D eigenvalue weighted by Crippen LogP contribution is -2.50. The summed E-state index contributed by atoms with van der Waals surface area (Å²) in [6.07, 6.45) is 2.44. The quantitative estimate of drug-likeness (QED) is 0.843. The summed E-state index contributed by atoms with van der Waals surface area (Å²) < 4.78 is 0. The Morgan fingerprint density at radius 2 is 1.82 bits per heavy atom. The van der Waals surface area contributed by atoms with Crippen LogP contribution >= 0.6 is 0 Å². The Kier molecular flexibility index (Phi) is 3.43. The summed E-state index contributed by atoms with van der Waals surface area (Å²) in [7, 11) is 2.08. The number of hydrogen-bond donors (Lipinski definition) is 1. The largest absolute Gasteiger partial charge is 0.371 e. The molecule has 1 aromatic carbocycles. The van der Waals surface area contributed by atoms with E-state index in [1.807, 2.05) is 0 Å². The van der Waals surface area contributed by atoms with Gasteiger partial charge >= 0.3 is 0 Å². The van der Waals surface area contributed by atoms with Crippen molar-refractivity contribution >= 4 is 5.69 Å². The Morgan fingerprint density at radius 3 is 2.41 bits per heavy atom. The Morgan fingerprint density at radius 1 is 1.18 bits per heavy atom. The first-order valence-corrected chi connectivity index (χ1v) is 6.56. The van der Waals surface area contributed by atoms with Crippen LogP contribution in [0.4, 0.5) is 5.69 Å². The van der Waals surface area contributed by atoms with Crippen LogP contribution in [-0.4, -0.2) is 25.7 Å². The van der Waals surface area contributed by atoms with Crippen LogP contribution in [-0.2, 0) is 0 Å². The second-order valence-corrected chi connectivity index (χ2v) is 5.52. The molecule has 1 aliphatic rings. The molecule has 94 valence electrons. The number of piperidine rings is 1. The predicted octanol–water partition coefficient (Wildman–Crippen LogP) is 2.88. The van der Waals surface area contributed by atoms with Crippen molar-refractivity contribution in [1.29, 1.82) is 0 Å². The molecular weight excluding hydrogens is 208 g/mol. The number of hydrogen-bond acceptors (Lipinski definition) is 2. The van der Waals surface area contributed by atoms with E-state index in [2.05, 4.69) is 56.2 Å². The van der Waals surface area contributed by atoms with E-state index in [4.69, 9.17) is 0 Å². The predicted molar refractivity (Wildman–Crippen MR) is 74.8 cm³/mol. The molecule has 0 bridgehead atoms. The topological polar surface area (TPSA) is 15.3 Å². The lowest BCUT2D eigenvalue weighted by Gasteiger charge is -2.41. The van der Waals surface area contributed by atoms with E-state index in [0.717, 1.165) is 13.1 Å². The molecule has 2 rings (SSSR count). The summed E-state index contributed by atoms with van der Waals surface area (Å²) in [6.45, 7) is 9.06. The minimum absolute atomic E-state index is 0.328. The number of nitrogens with zero attached hydrogens (tertiary/aromatic N) is 1. The molecule has 2 heteroatoms. The van der Waals surface area contributed by atoms with Crippen LogP contribution in [0.3, 0.4) is 0 Å². The molecule has 0 aliphatic carbocycles. The van der Waals surface area contributed by atoms with Crippen LogP contribution in [0.2, 0.25) is 0 Å². The van der Waals surface area contributed by atoms with Crippen molar-refractivity contribution in [2.24, 2.45) is 0 Å². The van der Waals surface area contributed by atoms with Gasteiger partial charge in [-0.15, -0.1) is 0 Å². The van der Waals surface area contributed by atoms with Crippen molar-refractivity contribution in [1.82, 2.24) is 5.32 Å². The summed E-state index contributed by atoms with van der Waals surface area (Å²) >= 11 is 0. The van der Waals surface area contributed by atoms with Gasteiger partial charge in [-0.05, 0) is 57.9 Å². The fraction of sp³-hybridized carbons (Fsp3) is 0.600. The summed E-state index contributed by atoms with van der Waals surface area (Å²) in [4.78, 5) is 2.53. The highest BCUT2D eigenvalue weighted by molar-refractivity contribution is 5.56. The summed E-state index contributed by atoms with van der Waals surface area (Å²) in [5.74, 6) is 0. The van der Waals surface area contributed by atoms with Gasteiger partial charge in [0.1, 0.15) is 0 Å². The first-order valence-electron chi connectivity index (χ1n) is 6.56. The Balaban J connectivity index is 2.13. The highest BCUT2D eigenvalue weighted by Crippen LogP contribution is 2.29. The number of rotatable bonds is 2. The first-order chi connectivity index (χ1) is 8.06. The molecule has 0 radical (unpaired) electrons. The summed E-state index contributed by atoms with van der Waals surface area (Å²) in [6, 6.07) is 6.62. The molecule has 0 atom stereocenters. The standard InChI is InChI=1S/C15H24N2/c1-12-6-5-7-14(13(12)2)17-10-8-15(3,16-4)9-11-17/h5-7,16H,8-11H2,1-4H3. The van der Waals surface area contributed by atoms with Gasteiger partial charge in [0.25, 0.3) is 0 Å². The lowest BCUT2D eigenvalue weighted by atomic mass is 9.89. The van der Waals surface area contributed by atoms with Gasteiger partial charge in [-0.1, -0.05) is 12.1 Å². The molecule has 0 spiro atoms. The molecule has 1 saturated heterocycles. The molecular formula is C15H24N2. The average molecular weight is 232 g/mol. The van der Waals surface area contributed by atoms with E-state index in [1.165, 1.54) is 29.7 Å². The summed E-state index contributed by atoms with van der Waals surface area (Å²) in [5.41, 5.74) is 4.57. The van der Waals surface area contributed by atoms with Crippen LogP contribution < -0.4 is 10.2 Å². The van der Waals surface area contributed by atoms with Crippen LogP contribution in [0.15, 0.2) is 18.2 Å². The van der Waals surface area contributed by atoms with Gasteiger partial charge in [0.15, 0.2) is 0 Å². The SMILES string of the molecule is CNC1(C)CCN(c2cccc(C)c2C)CC1. The van der Waals surface area contributed by atoms with Crippen molar-refractivity contribution < 1.29 is 0 Å². The van der Waals surface area contributed by atoms with Crippen molar-refractivity contribution in [2.45, 2.75) is 39.2 Å². The first kappa shape index (κ1) is 12.4. The maximum absolute atomic E-state index is 3.45. The zero-order valence-corrected chi connectivity index (χ0v) is 11.5. The maximum Gasteiger partial charge on any atom is 0.0398 e. The molecule has 17 heavy (non-hydrogen) atoms. The second kappa shape index (κ2) is 4.69. The molecule has 0 unspecified atom stereocenters. The monoisotopic (exact) mass is 232 g/mol. The number of benzene rings is 1. The van der Waals surface area contributed by atoms with Crippen LogP contribution in [0, 0.1) is 13.8 Å². The fourth-order valence-electron chi connectivity index (χ4n) is 2.57. The van der Waals surface area contributed by atoms with E-state index in [9.17, 15) is 0 Å². The highest BCUT2D eigenvalue weighted by atomic mass is 15.2. The molecule has 0 aromatic heterocycles. The fourth-order valence-corrected chi connectivity index (χ4v) is 2.57. The van der Waals surface area contributed by atoms with E-state index in [0.29, 0.717) is 5.54 Å². The van der Waals surface area contributed by atoms with Gasteiger partial charge in [-0.2, -0.15) is 0 Å². The smallest absolute Gasteiger partial charge is 0.0398 e. The lowest BCUT2D eigenvalue weighted by molar-refractivity contribution is 0.305. The van der Waals surface area contributed by atoms with E-state index in [1.54, 1.807) is 0 Å². The average Bonchev–Trinajstić information content (AvgIpc) is 2.34. The highest BCUT2D eigenvalue weighted by Gasteiger charge is 2.28. The van der Waals surface area contributed by atoms with Crippen molar-refractivity contribution in [2.75, 3.05) is 25.0 Å². The molecule has 2 nitrogen and oxygen atoms in total. The molecule has 1 aliphatic heterocycles. The van der Waals surface area contributed by atoms with E-state index >= 15 is 0 Å². The van der Waals surface area contributed by atoms with Crippen LogP contribution in [0.1, 0.15) is 30.9 Å². The van der Waals surface area contributed by atoms with Gasteiger partial charge in [0.05, 0.1) is 0 Å². The number of aryl methyl sites for hydroxylation is 1. The molecule has 0 amide bonds. The van der Waals surface area contributed by atoms with Gasteiger partial charge in [0, 0.05) is 24.3 Å². The van der Waals surface area contributed by atoms with Gasteiger partial charge in [0.2, 0.25) is 0 Å². The number of nitrogens with one attached hydrogen (secondary N) is 1. The van der Waals surface area contributed by atoms with Crippen LogP contribution in [0.25, 0.3) is 0 Å². The third-order valence-electron chi connectivity index (χ3n) is 4.39. The zero-order valence-electron chi connectivity index (χ0n) is 11.5. The third-order valence-corrected chi connectivity index (χ3v) is 4.39. The number of anilines is 1. The Hall–Kier alpha value is -1.02. The van der Waals surface area contributed by atoms with Crippen molar-refractivity contribution in [3.8, 4) is 0 Å². The molecule has 1 N–H and O–H groups in total. The summed E-state index contributed by atoms with van der Waals surface area (Å²) in [5, 5.41) is 3.45. The second-order valence-electron chi connectivity index (χ2n) is 5.52. The zero-order chi connectivity index (χ0) is 12.5. The molecule has 1 heterocycles.